The number of hydrogen-bond donors (Lipinski definition) is 1. The van der Waals surface area contributed by atoms with Gasteiger partial charge in [-0.25, -0.2) is 0 Å². The van der Waals surface area contributed by atoms with E-state index in [0.717, 1.165) is 30.8 Å². The Kier molecular flexibility index (Phi) is 8.05. The van der Waals surface area contributed by atoms with Gasteiger partial charge in [-0.05, 0) is 51.0 Å². The summed E-state index contributed by atoms with van der Waals surface area (Å²) < 4.78 is 5.19. The van der Waals surface area contributed by atoms with Crippen molar-refractivity contribution in [3.63, 3.8) is 0 Å². The number of carbonyl (C=O) groups is 1. The summed E-state index contributed by atoms with van der Waals surface area (Å²) in [6.07, 6.45) is 4.98. The number of likely N-dealkylation sites (tertiary alicyclic amines) is 1. The lowest BCUT2D eigenvalue weighted by atomic mass is 10.1. The molecule has 1 N–H and O–H groups in total. The number of carbonyl (C=O) groups excluding carboxylic acids is 1. The van der Waals surface area contributed by atoms with Gasteiger partial charge in [0, 0.05) is 32.9 Å². The highest BCUT2D eigenvalue weighted by atomic mass is 16.5. The first-order valence-electron chi connectivity index (χ1n) is 9.03. The molecule has 0 aliphatic carbocycles. The molecule has 2 rings (SSSR count). The molecular formula is C19H31N3O2. The fourth-order valence-electron chi connectivity index (χ4n) is 3.24. The van der Waals surface area contributed by atoms with Crippen LogP contribution in [0.4, 0.5) is 5.69 Å². The van der Waals surface area contributed by atoms with Gasteiger partial charge in [-0.2, -0.15) is 0 Å². The summed E-state index contributed by atoms with van der Waals surface area (Å²) in [5.41, 5.74) is 1.61. The number of ether oxygens (including phenoxy) is 1. The fourth-order valence-corrected chi connectivity index (χ4v) is 3.24. The van der Waals surface area contributed by atoms with E-state index >= 15 is 0 Å². The smallest absolute Gasteiger partial charge is 0.256 e. The van der Waals surface area contributed by atoms with Crippen molar-refractivity contribution in [2.75, 3.05) is 58.8 Å². The number of amides is 1. The maximum absolute atomic E-state index is 12.9. The van der Waals surface area contributed by atoms with E-state index in [4.69, 9.17) is 4.74 Å². The molecule has 0 spiro atoms. The summed E-state index contributed by atoms with van der Waals surface area (Å²) in [6.45, 7) is 5.45. The van der Waals surface area contributed by atoms with Gasteiger partial charge in [-0.3, -0.25) is 4.79 Å². The van der Waals surface area contributed by atoms with Crippen molar-refractivity contribution in [1.29, 1.82) is 0 Å². The van der Waals surface area contributed by atoms with Gasteiger partial charge in [0.25, 0.3) is 5.91 Å². The van der Waals surface area contributed by atoms with Crippen molar-refractivity contribution in [1.82, 2.24) is 9.80 Å². The molecule has 0 radical (unpaired) electrons. The van der Waals surface area contributed by atoms with E-state index in [2.05, 4.69) is 10.2 Å². The molecule has 0 bridgehead atoms. The Balaban J connectivity index is 1.94. The minimum absolute atomic E-state index is 0.0793. The van der Waals surface area contributed by atoms with Crippen LogP contribution in [0.15, 0.2) is 24.3 Å². The first kappa shape index (κ1) is 18.7. The minimum atomic E-state index is 0.0793. The van der Waals surface area contributed by atoms with E-state index in [1.807, 2.05) is 36.2 Å². The highest BCUT2D eigenvalue weighted by molar-refractivity contribution is 5.99. The highest BCUT2D eigenvalue weighted by Gasteiger charge is 2.18. The highest BCUT2D eigenvalue weighted by Crippen LogP contribution is 2.17. The third-order valence-electron chi connectivity index (χ3n) is 4.63. The molecule has 0 unspecified atom stereocenters. The third-order valence-corrected chi connectivity index (χ3v) is 4.63. The lowest BCUT2D eigenvalue weighted by Crippen LogP contribution is -2.37. The largest absolute Gasteiger partial charge is 0.387 e. The Bertz CT molecular complexity index is 501. The lowest BCUT2D eigenvalue weighted by Gasteiger charge is -2.28. The second kappa shape index (κ2) is 10.3. The van der Waals surface area contributed by atoms with Crippen LogP contribution in [0.25, 0.3) is 0 Å². The average Bonchev–Trinajstić information content (AvgIpc) is 2.64. The fraction of sp³-hybridized carbons (Fsp3) is 0.632. The Morgan fingerprint density at radius 1 is 1.21 bits per heavy atom. The quantitative estimate of drug-likeness (QED) is 0.755. The van der Waals surface area contributed by atoms with Gasteiger partial charge in [0.15, 0.2) is 0 Å². The van der Waals surface area contributed by atoms with Gasteiger partial charge < -0.3 is 19.9 Å². The zero-order chi connectivity index (χ0) is 17.2. The zero-order valence-corrected chi connectivity index (χ0v) is 15.1. The van der Waals surface area contributed by atoms with Crippen molar-refractivity contribution < 1.29 is 9.53 Å². The second-order valence-electron chi connectivity index (χ2n) is 6.34. The van der Waals surface area contributed by atoms with Crippen molar-refractivity contribution in [2.45, 2.75) is 25.7 Å². The van der Waals surface area contributed by atoms with Crippen LogP contribution in [-0.2, 0) is 4.74 Å². The van der Waals surface area contributed by atoms with Crippen molar-refractivity contribution in [2.24, 2.45) is 0 Å². The molecule has 0 saturated carbocycles. The van der Waals surface area contributed by atoms with E-state index in [0.29, 0.717) is 13.2 Å². The number of hydrogen-bond acceptors (Lipinski definition) is 4. The summed E-state index contributed by atoms with van der Waals surface area (Å²) in [6, 6.07) is 7.68. The Labute approximate surface area is 146 Å². The van der Waals surface area contributed by atoms with E-state index < -0.39 is 0 Å². The Morgan fingerprint density at radius 2 is 1.96 bits per heavy atom. The average molecular weight is 333 g/mol. The monoisotopic (exact) mass is 333 g/mol. The normalized spacial score (nSPS) is 15.2. The van der Waals surface area contributed by atoms with Crippen LogP contribution in [0.2, 0.25) is 0 Å². The van der Waals surface area contributed by atoms with Crippen molar-refractivity contribution in [3.05, 3.63) is 29.8 Å². The number of rotatable bonds is 9. The van der Waals surface area contributed by atoms with E-state index in [9.17, 15) is 4.79 Å². The number of nitrogens with zero attached hydrogens (tertiary/aromatic N) is 2. The van der Waals surface area contributed by atoms with Gasteiger partial charge in [-0.1, -0.05) is 18.6 Å². The number of anilines is 1. The molecule has 0 aromatic heterocycles. The van der Waals surface area contributed by atoms with E-state index in [1.165, 1.54) is 32.4 Å². The molecule has 5 nitrogen and oxygen atoms in total. The van der Waals surface area contributed by atoms with Crippen LogP contribution >= 0.6 is 0 Å². The van der Waals surface area contributed by atoms with Crippen LogP contribution in [-0.4, -0.2) is 69.2 Å². The second-order valence-corrected chi connectivity index (χ2v) is 6.34. The first-order chi connectivity index (χ1) is 11.8. The maximum Gasteiger partial charge on any atom is 0.256 e. The predicted molar refractivity (Wildman–Crippen MR) is 98.7 cm³/mol. The zero-order valence-electron chi connectivity index (χ0n) is 15.1. The number of piperidine rings is 1. The molecule has 1 aliphatic heterocycles. The molecule has 0 atom stereocenters. The van der Waals surface area contributed by atoms with Gasteiger partial charge in [-0.15, -0.1) is 0 Å². The molecule has 24 heavy (non-hydrogen) atoms. The predicted octanol–water partition coefficient (Wildman–Crippen LogP) is 2.69. The Morgan fingerprint density at radius 3 is 2.67 bits per heavy atom. The van der Waals surface area contributed by atoms with Crippen LogP contribution in [0.5, 0.6) is 0 Å². The van der Waals surface area contributed by atoms with Crippen LogP contribution in [0.3, 0.4) is 0 Å². The number of nitrogens with one attached hydrogen (secondary N) is 1. The molecule has 1 amide bonds. The topological polar surface area (TPSA) is 44.8 Å². The van der Waals surface area contributed by atoms with Gasteiger partial charge in [0.2, 0.25) is 0 Å². The summed E-state index contributed by atoms with van der Waals surface area (Å²) in [4.78, 5) is 17.4. The van der Waals surface area contributed by atoms with Crippen molar-refractivity contribution >= 4 is 11.6 Å². The maximum atomic E-state index is 12.9. The van der Waals surface area contributed by atoms with Crippen LogP contribution in [0.1, 0.15) is 36.0 Å². The molecule has 1 fully saturated rings. The molecule has 1 aromatic rings. The first-order valence-corrected chi connectivity index (χ1v) is 9.03. The molecule has 1 heterocycles. The number of para-hydroxylation sites is 1. The Hall–Kier alpha value is -1.59. The van der Waals surface area contributed by atoms with E-state index in [1.54, 1.807) is 7.11 Å². The van der Waals surface area contributed by atoms with Gasteiger partial charge in [0.1, 0.15) is 0 Å². The summed E-state index contributed by atoms with van der Waals surface area (Å²) in [5, 5.41) is 3.11. The molecule has 5 heteroatoms. The SMILES string of the molecule is CNc1ccccc1C(=O)N(CCCN1CCCCC1)CCOC. The van der Waals surface area contributed by atoms with E-state index in [-0.39, 0.29) is 5.91 Å². The summed E-state index contributed by atoms with van der Waals surface area (Å²) in [7, 11) is 3.53. The molecule has 1 saturated heterocycles. The number of benzene rings is 1. The summed E-state index contributed by atoms with van der Waals surface area (Å²) >= 11 is 0. The number of methoxy groups -OCH3 is 1. The molecular weight excluding hydrogens is 302 g/mol. The van der Waals surface area contributed by atoms with Crippen molar-refractivity contribution in [3.8, 4) is 0 Å². The van der Waals surface area contributed by atoms with Crippen LogP contribution < -0.4 is 5.32 Å². The molecule has 1 aromatic carbocycles. The van der Waals surface area contributed by atoms with Crippen LogP contribution in [0, 0.1) is 0 Å². The third kappa shape index (κ3) is 5.49. The van der Waals surface area contributed by atoms with Gasteiger partial charge in [0.05, 0.1) is 12.2 Å². The summed E-state index contributed by atoms with van der Waals surface area (Å²) in [5.74, 6) is 0.0793. The minimum Gasteiger partial charge on any atom is -0.387 e. The molecule has 1 aliphatic rings. The molecule has 134 valence electrons. The lowest BCUT2D eigenvalue weighted by molar-refractivity contribution is 0.0685. The standard InChI is InChI=1S/C19H31N3O2/c1-20-18-10-5-4-9-17(18)19(23)22(15-16-24-2)14-8-13-21-11-6-3-7-12-21/h4-5,9-10,20H,3,6-8,11-16H2,1-2H3. The van der Waals surface area contributed by atoms with Gasteiger partial charge >= 0.3 is 0 Å².